The number of hydrogen-bond donors (Lipinski definition) is 2. The van der Waals surface area contributed by atoms with Gasteiger partial charge >= 0.3 is 12.1 Å². The molecule has 5 rings (SSSR count). The number of aromatic carboxylic acids is 1. The maximum absolute atomic E-state index is 13.7. The molecule has 40 heavy (non-hydrogen) atoms. The molecular weight excluding hydrogens is 543 g/mol. The standard InChI is InChI=1S/C29H32F3N3O4S/c1-40(38,39)22-8-9-23-25(17-22)34-27(19-6-5-7-20(16-19)29(30,31)32)24(26(23)28(36)37)18-35(14-3-2-4-15-35)21-10-12-33-13-11-21/h5-9,16-17,21,33H,2-4,10-15,18H2,1H3/p+1. The molecule has 0 radical (unpaired) electrons. The van der Waals surface area contributed by atoms with Gasteiger partial charge in [0.1, 0.15) is 6.54 Å². The van der Waals surface area contributed by atoms with Crippen molar-refractivity contribution < 1.29 is 36.0 Å². The lowest BCUT2D eigenvalue weighted by Crippen LogP contribution is -2.60. The summed E-state index contributed by atoms with van der Waals surface area (Å²) in [6.45, 7) is 3.77. The van der Waals surface area contributed by atoms with Gasteiger partial charge in [-0.1, -0.05) is 18.2 Å². The van der Waals surface area contributed by atoms with Crippen LogP contribution in [0.4, 0.5) is 13.2 Å². The lowest BCUT2D eigenvalue weighted by atomic mass is 9.91. The second-order valence-electron chi connectivity index (χ2n) is 11.0. The van der Waals surface area contributed by atoms with Crippen LogP contribution in [0.1, 0.15) is 53.6 Å². The number of likely N-dealkylation sites (tertiary alicyclic amines) is 1. The topological polar surface area (TPSA) is 96.4 Å². The number of hydrogen-bond acceptors (Lipinski definition) is 5. The summed E-state index contributed by atoms with van der Waals surface area (Å²) in [6, 6.07) is 9.16. The Bertz CT molecular complexity index is 1540. The molecule has 11 heteroatoms. The third kappa shape index (κ3) is 5.59. The van der Waals surface area contributed by atoms with Crippen LogP contribution in [0.2, 0.25) is 0 Å². The first-order chi connectivity index (χ1) is 18.9. The molecule has 7 nitrogen and oxygen atoms in total. The molecule has 2 saturated heterocycles. The summed E-state index contributed by atoms with van der Waals surface area (Å²) in [4.78, 5) is 17.6. The van der Waals surface area contributed by atoms with E-state index in [0.29, 0.717) is 22.6 Å². The minimum Gasteiger partial charge on any atom is -0.478 e. The molecule has 0 unspecified atom stereocenters. The lowest BCUT2D eigenvalue weighted by Gasteiger charge is -2.49. The van der Waals surface area contributed by atoms with E-state index in [1.807, 2.05) is 0 Å². The quantitative estimate of drug-likeness (QED) is 0.388. The second-order valence-corrected chi connectivity index (χ2v) is 13.0. The van der Waals surface area contributed by atoms with E-state index in [0.717, 1.165) is 76.7 Å². The summed E-state index contributed by atoms with van der Waals surface area (Å²) < 4.78 is 66.4. The fourth-order valence-electron chi connectivity index (χ4n) is 6.46. The van der Waals surface area contributed by atoms with Gasteiger partial charge in [0, 0.05) is 48.7 Å². The third-order valence-electron chi connectivity index (χ3n) is 8.43. The molecule has 2 aliphatic rings. The average Bonchev–Trinajstić information content (AvgIpc) is 2.92. The van der Waals surface area contributed by atoms with E-state index in [2.05, 4.69) is 5.32 Å². The first-order valence-corrected chi connectivity index (χ1v) is 15.4. The van der Waals surface area contributed by atoms with E-state index < -0.39 is 27.5 Å². The molecule has 2 fully saturated rings. The van der Waals surface area contributed by atoms with E-state index in [1.54, 1.807) is 0 Å². The molecule has 2 N–H and O–H groups in total. The number of aromatic nitrogens is 1. The molecular formula is C29H33F3N3O4S+. The number of pyridine rings is 1. The van der Waals surface area contributed by atoms with Crippen molar-refractivity contribution >= 4 is 26.7 Å². The number of benzene rings is 2. The van der Waals surface area contributed by atoms with Crippen LogP contribution in [0.5, 0.6) is 0 Å². The van der Waals surface area contributed by atoms with E-state index in [9.17, 15) is 31.5 Å². The third-order valence-corrected chi connectivity index (χ3v) is 9.54. The Morgan fingerprint density at radius 1 is 1.07 bits per heavy atom. The molecule has 0 amide bonds. The van der Waals surface area contributed by atoms with Crippen molar-refractivity contribution in [2.24, 2.45) is 0 Å². The highest BCUT2D eigenvalue weighted by Gasteiger charge is 2.41. The maximum Gasteiger partial charge on any atom is 0.416 e. The molecule has 0 aliphatic carbocycles. The van der Waals surface area contributed by atoms with Crippen LogP contribution >= 0.6 is 0 Å². The summed E-state index contributed by atoms with van der Waals surface area (Å²) in [5.41, 5.74) is -0.0807. The molecule has 214 valence electrons. The van der Waals surface area contributed by atoms with Gasteiger partial charge in [0.15, 0.2) is 9.84 Å². The molecule has 0 atom stereocenters. The highest BCUT2D eigenvalue weighted by molar-refractivity contribution is 7.90. The van der Waals surface area contributed by atoms with Gasteiger partial charge in [0.25, 0.3) is 0 Å². The summed E-state index contributed by atoms with van der Waals surface area (Å²) in [7, 11) is -3.63. The first kappa shape index (κ1) is 28.5. The monoisotopic (exact) mass is 576 g/mol. The number of quaternary nitrogens is 1. The van der Waals surface area contributed by atoms with Crippen molar-refractivity contribution in [3.05, 3.63) is 59.2 Å². The van der Waals surface area contributed by atoms with Gasteiger partial charge in [-0.15, -0.1) is 0 Å². The van der Waals surface area contributed by atoms with Gasteiger partial charge in [-0.05, 0) is 43.5 Å². The molecule has 1 aromatic heterocycles. The van der Waals surface area contributed by atoms with Gasteiger partial charge in [-0.25, -0.2) is 18.2 Å². The van der Waals surface area contributed by atoms with Gasteiger partial charge in [-0.3, -0.25) is 0 Å². The SMILES string of the molecule is CS(=O)(=O)c1ccc2c(C(=O)O)c(C[N+]3(C4CCNCC4)CCCCC3)c(-c3cccc(C(F)(F)F)c3)nc2c1. The Balaban J connectivity index is 1.80. The molecule has 2 aliphatic heterocycles. The predicted molar refractivity (Wildman–Crippen MR) is 146 cm³/mol. The fraction of sp³-hybridized carbons (Fsp3) is 0.448. The number of fused-ring (bicyclic) bond motifs is 1. The van der Waals surface area contributed by atoms with Crippen LogP contribution in [0, 0.1) is 0 Å². The lowest BCUT2D eigenvalue weighted by molar-refractivity contribution is -0.968. The van der Waals surface area contributed by atoms with Crippen molar-refractivity contribution in [3.8, 4) is 11.3 Å². The van der Waals surface area contributed by atoms with Crippen LogP contribution in [0.3, 0.4) is 0 Å². The molecule has 2 aromatic carbocycles. The highest BCUT2D eigenvalue weighted by Crippen LogP contribution is 2.39. The molecule has 3 aromatic rings. The molecule has 0 saturated carbocycles. The normalized spacial score (nSPS) is 18.6. The Kier molecular flexibility index (Phi) is 7.66. The van der Waals surface area contributed by atoms with Crippen molar-refractivity contribution in [3.63, 3.8) is 0 Å². The van der Waals surface area contributed by atoms with E-state index in [1.165, 1.54) is 30.3 Å². The smallest absolute Gasteiger partial charge is 0.416 e. The summed E-state index contributed by atoms with van der Waals surface area (Å²) in [5.74, 6) is -1.22. The van der Waals surface area contributed by atoms with E-state index in [4.69, 9.17) is 4.98 Å². The average molecular weight is 577 g/mol. The van der Waals surface area contributed by atoms with Gasteiger partial charge in [0.2, 0.25) is 0 Å². The number of carbonyl (C=O) groups is 1. The van der Waals surface area contributed by atoms with Crippen LogP contribution in [-0.4, -0.2) is 67.4 Å². The zero-order valence-corrected chi connectivity index (χ0v) is 23.1. The number of alkyl halides is 3. The number of piperidine rings is 2. The summed E-state index contributed by atoms with van der Waals surface area (Å²) in [6.07, 6.45) is 1.37. The summed E-state index contributed by atoms with van der Waals surface area (Å²) in [5, 5.41) is 14.2. The van der Waals surface area contributed by atoms with E-state index in [-0.39, 0.29) is 32.6 Å². The maximum atomic E-state index is 13.7. The zero-order valence-electron chi connectivity index (χ0n) is 22.3. The molecule has 3 heterocycles. The van der Waals surface area contributed by atoms with Crippen molar-refractivity contribution in [2.75, 3.05) is 32.4 Å². The largest absolute Gasteiger partial charge is 0.478 e. The number of nitrogens with one attached hydrogen (secondary N) is 1. The van der Waals surface area contributed by atoms with Crippen LogP contribution in [0.15, 0.2) is 47.4 Å². The Morgan fingerprint density at radius 2 is 1.77 bits per heavy atom. The van der Waals surface area contributed by atoms with Crippen molar-refractivity contribution in [1.82, 2.24) is 10.3 Å². The molecule has 0 spiro atoms. The second kappa shape index (κ2) is 10.8. The number of rotatable bonds is 6. The van der Waals surface area contributed by atoms with Crippen LogP contribution in [0.25, 0.3) is 22.2 Å². The minimum absolute atomic E-state index is 0.0329. The Morgan fingerprint density at radius 3 is 2.40 bits per heavy atom. The van der Waals surface area contributed by atoms with Crippen molar-refractivity contribution in [2.45, 2.75) is 55.8 Å². The van der Waals surface area contributed by atoms with Gasteiger partial charge in [-0.2, -0.15) is 13.2 Å². The fourth-order valence-corrected chi connectivity index (χ4v) is 7.10. The Labute approximate surface area is 231 Å². The number of carboxylic acids is 1. The minimum atomic E-state index is -4.60. The van der Waals surface area contributed by atoms with Gasteiger partial charge < -0.3 is 14.9 Å². The van der Waals surface area contributed by atoms with E-state index >= 15 is 0 Å². The molecule has 0 bridgehead atoms. The van der Waals surface area contributed by atoms with Crippen LogP contribution in [-0.2, 0) is 22.6 Å². The number of sulfone groups is 1. The number of halogens is 3. The zero-order chi connectivity index (χ0) is 28.7. The van der Waals surface area contributed by atoms with Gasteiger partial charge in [0.05, 0.1) is 46.4 Å². The number of carboxylic acid groups (broad SMARTS) is 1. The van der Waals surface area contributed by atoms with Crippen LogP contribution < -0.4 is 5.32 Å². The predicted octanol–water partition coefficient (Wildman–Crippen LogP) is 5.28. The van der Waals surface area contributed by atoms with Crippen molar-refractivity contribution in [1.29, 1.82) is 0 Å². The number of nitrogens with zero attached hydrogens (tertiary/aromatic N) is 2. The first-order valence-electron chi connectivity index (χ1n) is 13.5. The highest BCUT2D eigenvalue weighted by atomic mass is 32.2. The Hall–Kier alpha value is -3.02. The summed E-state index contributed by atoms with van der Waals surface area (Å²) >= 11 is 0.